The van der Waals surface area contributed by atoms with Gasteiger partial charge in [-0.3, -0.25) is 9.59 Å². The third kappa shape index (κ3) is 5.31. The summed E-state index contributed by atoms with van der Waals surface area (Å²) in [5.74, 6) is -0.308. The van der Waals surface area contributed by atoms with Crippen LogP contribution in [-0.2, 0) is 0 Å². The molecule has 0 saturated heterocycles. The lowest BCUT2D eigenvalue weighted by Crippen LogP contribution is -2.36. The van der Waals surface area contributed by atoms with E-state index in [1.54, 1.807) is 0 Å². The molecule has 5 nitrogen and oxygen atoms in total. The highest BCUT2D eigenvalue weighted by Gasteiger charge is 2.14. The van der Waals surface area contributed by atoms with Gasteiger partial charge >= 0.3 is 0 Å². The van der Waals surface area contributed by atoms with Gasteiger partial charge in [-0.2, -0.15) is 0 Å². The largest absolute Gasteiger partial charge is 0.398 e. The van der Waals surface area contributed by atoms with E-state index in [9.17, 15) is 9.59 Å². The number of nitrogens with two attached hydrogens (primary N) is 1. The first-order chi connectivity index (χ1) is 10.5. The summed E-state index contributed by atoms with van der Waals surface area (Å²) in [6, 6.07) is 2.86. The monoisotopic (exact) mass is 325 g/mol. The van der Waals surface area contributed by atoms with Gasteiger partial charge in [0.15, 0.2) is 6.29 Å². The zero-order chi connectivity index (χ0) is 16.5. The number of hydrogen-bond acceptors (Lipinski definition) is 4. The summed E-state index contributed by atoms with van der Waals surface area (Å²) in [7, 11) is 0. The van der Waals surface area contributed by atoms with E-state index in [1.165, 1.54) is 12.1 Å². The molecule has 0 aromatic heterocycles. The SMILES string of the molecule is CCCN(CCC)CCNC(=O)c1cc(Cl)c(N)cc1C=O. The van der Waals surface area contributed by atoms with E-state index < -0.39 is 0 Å². The summed E-state index contributed by atoms with van der Waals surface area (Å²) in [5.41, 5.74) is 6.44. The molecular weight excluding hydrogens is 302 g/mol. The fraction of sp³-hybridized carbons (Fsp3) is 0.500. The summed E-state index contributed by atoms with van der Waals surface area (Å²) < 4.78 is 0. The van der Waals surface area contributed by atoms with Crippen molar-refractivity contribution in [3.63, 3.8) is 0 Å². The van der Waals surface area contributed by atoms with Gasteiger partial charge in [-0.05, 0) is 38.1 Å². The summed E-state index contributed by atoms with van der Waals surface area (Å²) in [4.78, 5) is 25.6. The first-order valence-corrected chi connectivity index (χ1v) is 7.96. The van der Waals surface area contributed by atoms with Gasteiger partial charge in [0, 0.05) is 18.7 Å². The number of benzene rings is 1. The molecule has 0 saturated carbocycles. The Balaban J connectivity index is 2.65. The topological polar surface area (TPSA) is 75.4 Å². The minimum absolute atomic E-state index is 0.248. The second-order valence-corrected chi connectivity index (χ2v) is 5.58. The van der Waals surface area contributed by atoms with Crippen molar-refractivity contribution >= 4 is 29.5 Å². The summed E-state index contributed by atoms with van der Waals surface area (Å²) >= 11 is 5.92. The number of carbonyl (C=O) groups is 2. The molecular formula is C16H24ClN3O2. The molecule has 1 aromatic rings. The molecule has 0 atom stereocenters. The maximum atomic E-state index is 12.2. The highest BCUT2D eigenvalue weighted by Crippen LogP contribution is 2.22. The average molecular weight is 326 g/mol. The van der Waals surface area contributed by atoms with Crippen molar-refractivity contribution in [3.05, 3.63) is 28.3 Å². The van der Waals surface area contributed by atoms with Crippen LogP contribution in [0, 0.1) is 0 Å². The lowest BCUT2D eigenvalue weighted by molar-refractivity contribution is 0.0943. The van der Waals surface area contributed by atoms with Crippen LogP contribution in [0.5, 0.6) is 0 Å². The Morgan fingerprint density at radius 2 is 1.91 bits per heavy atom. The van der Waals surface area contributed by atoms with Crippen LogP contribution in [-0.4, -0.2) is 43.3 Å². The molecule has 0 aliphatic carbocycles. The van der Waals surface area contributed by atoms with Crippen molar-refractivity contribution in [2.75, 3.05) is 31.9 Å². The molecule has 0 aliphatic heterocycles. The van der Waals surface area contributed by atoms with Gasteiger partial charge < -0.3 is 16.0 Å². The predicted molar refractivity (Wildman–Crippen MR) is 90.6 cm³/mol. The summed E-state index contributed by atoms with van der Waals surface area (Å²) in [5, 5.41) is 3.10. The molecule has 22 heavy (non-hydrogen) atoms. The number of nitrogen functional groups attached to an aromatic ring is 1. The Hall–Kier alpha value is -1.59. The third-order valence-corrected chi connectivity index (χ3v) is 3.66. The third-order valence-electron chi connectivity index (χ3n) is 3.33. The molecule has 3 N–H and O–H groups in total. The molecule has 122 valence electrons. The molecule has 1 amide bonds. The molecule has 0 radical (unpaired) electrons. The molecule has 1 rings (SSSR count). The minimum Gasteiger partial charge on any atom is -0.398 e. The van der Waals surface area contributed by atoms with Gasteiger partial charge in [0.2, 0.25) is 0 Å². The van der Waals surface area contributed by atoms with Crippen molar-refractivity contribution in [1.29, 1.82) is 0 Å². The van der Waals surface area contributed by atoms with E-state index in [2.05, 4.69) is 24.1 Å². The van der Waals surface area contributed by atoms with Crippen LogP contribution in [0.2, 0.25) is 5.02 Å². The quantitative estimate of drug-likeness (QED) is 0.540. The molecule has 1 aromatic carbocycles. The molecule has 6 heteroatoms. The number of anilines is 1. The molecule has 0 bridgehead atoms. The van der Waals surface area contributed by atoms with Crippen molar-refractivity contribution in [2.45, 2.75) is 26.7 Å². The number of amides is 1. The maximum absolute atomic E-state index is 12.2. The average Bonchev–Trinajstić information content (AvgIpc) is 2.49. The predicted octanol–water partition coefficient (Wildman–Crippen LogP) is 2.59. The Kier molecular flexibility index (Phi) is 7.91. The second-order valence-electron chi connectivity index (χ2n) is 5.18. The van der Waals surface area contributed by atoms with E-state index in [1.807, 2.05) is 0 Å². The number of rotatable bonds is 9. The van der Waals surface area contributed by atoms with Crippen LogP contribution >= 0.6 is 11.6 Å². The molecule has 0 aliphatic rings. The van der Waals surface area contributed by atoms with Crippen molar-refractivity contribution in [1.82, 2.24) is 10.2 Å². The number of nitrogens with zero attached hydrogens (tertiary/aromatic N) is 1. The number of halogens is 1. The van der Waals surface area contributed by atoms with Crippen molar-refractivity contribution in [3.8, 4) is 0 Å². The minimum atomic E-state index is -0.308. The van der Waals surface area contributed by atoms with Gasteiger partial charge in [-0.1, -0.05) is 25.4 Å². The summed E-state index contributed by atoms with van der Waals surface area (Å²) in [6.07, 6.45) is 2.77. The van der Waals surface area contributed by atoms with Gasteiger partial charge in [-0.15, -0.1) is 0 Å². The lowest BCUT2D eigenvalue weighted by atomic mass is 10.1. The fourth-order valence-corrected chi connectivity index (χ4v) is 2.46. The van der Waals surface area contributed by atoms with Gasteiger partial charge in [0.1, 0.15) is 0 Å². The fourth-order valence-electron chi connectivity index (χ4n) is 2.29. The van der Waals surface area contributed by atoms with E-state index >= 15 is 0 Å². The first-order valence-electron chi connectivity index (χ1n) is 7.58. The van der Waals surface area contributed by atoms with E-state index in [4.69, 9.17) is 17.3 Å². The number of nitrogens with one attached hydrogen (secondary N) is 1. The second kappa shape index (κ2) is 9.43. The lowest BCUT2D eigenvalue weighted by Gasteiger charge is -2.21. The molecule has 0 fully saturated rings. The number of carbonyl (C=O) groups excluding carboxylic acids is 2. The zero-order valence-corrected chi connectivity index (χ0v) is 13.9. The van der Waals surface area contributed by atoms with Crippen LogP contribution in [0.3, 0.4) is 0 Å². The Bertz CT molecular complexity index is 514. The van der Waals surface area contributed by atoms with Crippen molar-refractivity contribution in [2.24, 2.45) is 0 Å². The van der Waals surface area contributed by atoms with E-state index in [0.717, 1.165) is 32.5 Å². The van der Waals surface area contributed by atoms with Crippen LogP contribution < -0.4 is 11.1 Å². The van der Waals surface area contributed by atoms with E-state index in [-0.39, 0.29) is 27.7 Å². The zero-order valence-electron chi connectivity index (χ0n) is 13.2. The van der Waals surface area contributed by atoms with Gasteiger partial charge in [-0.25, -0.2) is 0 Å². The highest BCUT2D eigenvalue weighted by molar-refractivity contribution is 6.33. The Morgan fingerprint density at radius 3 is 2.45 bits per heavy atom. The number of hydrogen-bond donors (Lipinski definition) is 2. The maximum Gasteiger partial charge on any atom is 0.252 e. The molecule has 0 heterocycles. The Morgan fingerprint density at radius 1 is 1.27 bits per heavy atom. The standard InChI is InChI=1S/C16H24ClN3O2/c1-3-6-20(7-4-2)8-5-19-16(22)13-10-14(17)15(18)9-12(13)11-21/h9-11H,3-8,18H2,1-2H3,(H,19,22). The smallest absolute Gasteiger partial charge is 0.252 e. The van der Waals surface area contributed by atoms with Crippen molar-refractivity contribution < 1.29 is 9.59 Å². The van der Waals surface area contributed by atoms with Crippen LogP contribution in [0.15, 0.2) is 12.1 Å². The van der Waals surface area contributed by atoms with Gasteiger partial charge in [0.25, 0.3) is 5.91 Å². The van der Waals surface area contributed by atoms with Crippen LogP contribution in [0.4, 0.5) is 5.69 Å². The van der Waals surface area contributed by atoms with Crippen LogP contribution in [0.1, 0.15) is 47.4 Å². The highest BCUT2D eigenvalue weighted by atomic mass is 35.5. The Labute approximate surface area is 136 Å². The van der Waals surface area contributed by atoms with E-state index in [0.29, 0.717) is 12.8 Å². The normalized spacial score (nSPS) is 10.7. The van der Waals surface area contributed by atoms with Crippen LogP contribution in [0.25, 0.3) is 0 Å². The van der Waals surface area contributed by atoms with Gasteiger partial charge in [0.05, 0.1) is 16.3 Å². The molecule has 0 unspecified atom stereocenters. The number of aldehydes is 1. The summed E-state index contributed by atoms with van der Waals surface area (Å²) in [6.45, 7) is 7.60. The molecule has 0 spiro atoms. The first kappa shape index (κ1) is 18.5.